The van der Waals surface area contributed by atoms with Crippen LogP contribution in [0.1, 0.15) is 38.5 Å². The summed E-state index contributed by atoms with van der Waals surface area (Å²) in [4.78, 5) is 12.9. The molecule has 4 nitrogen and oxygen atoms in total. The van der Waals surface area contributed by atoms with Gasteiger partial charge in [0.1, 0.15) is 17.2 Å². The van der Waals surface area contributed by atoms with Crippen LogP contribution in [-0.2, 0) is 0 Å². The summed E-state index contributed by atoms with van der Waals surface area (Å²) < 4.78 is 16.8. The van der Waals surface area contributed by atoms with Crippen LogP contribution in [0.3, 0.4) is 0 Å². The third kappa shape index (κ3) is 6.74. The molecule has 1 atom stereocenters. The van der Waals surface area contributed by atoms with Crippen molar-refractivity contribution in [3.8, 4) is 17.2 Å². The summed E-state index contributed by atoms with van der Waals surface area (Å²) in [5.41, 5.74) is 0.318. The number of halogens is 1. The minimum Gasteiger partial charge on any atom is -1.00 e. The fourth-order valence-corrected chi connectivity index (χ4v) is 3.72. The predicted octanol–water partition coefficient (Wildman–Crippen LogP) is 2.19. The van der Waals surface area contributed by atoms with Crippen molar-refractivity contribution in [3.63, 3.8) is 0 Å². The summed E-state index contributed by atoms with van der Waals surface area (Å²) >= 11 is 6.23. The molecule has 1 unspecified atom stereocenters. The zero-order chi connectivity index (χ0) is 18.9. The van der Waals surface area contributed by atoms with Gasteiger partial charge in [-0.15, -0.1) is 0 Å². The molecule has 0 heterocycles. The van der Waals surface area contributed by atoms with Crippen molar-refractivity contribution in [1.29, 1.82) is 0 Å². The van der Waals surface area contributed by atoms with Crippen molar-refractivity contribution in [1.82, 2.24) is 0 Å². The fraction of sp³-hybridized carbons (Fsp3) is 0.350. The van der Waals surface area contributed by atoms with Crippen LogP contribution in [0.5, 0.6) is 17.2 Å². The first-order valence-corrected chi connectivity index (χ1v) is 10.0. The van der Waals surface area contributed by atoms with E-state index < -0.39 is 0 Å². The molecule has 0 fully saturated rings. The standard InChI is InChI=1S/C20H24ClO4P.Li.H/c1-4-11-24-14-9-10-18(17(13-14)25-12-5-2)26-20(22)19-15(21)7-6-8-16(19)23-3;;/h6-10,13,26H,4-5,11-12H2,1-3H3;;/q;+1;-1. The predicted molar refractivity (Wildman–Crippen MR) is 109 cm³/mol. The van der Waals surface area contributed by atoms with E-state index in [0.717, 1.165) is 23.9 Å². The second-order valence-corrected chi connectivity index (χ2v) is 7.28. The van der Waals surface area contributed by atoms with Crippen molar-refractivity contribution in [2.45, 2.75) is 26.7 Å². The molecule has 0 saturated carbocycles. The van der Waals surface area contributed by atoms with E-state index in [0.29, 0.717) is 35.3 Å². The van der Waals surface area contributed by atoms with Gasteiger partial charge in [0.25, 0.3) is 0 Å². The molecule has 2 rings (SSSR count). The zero-order valence-corrected chi connectivity index (χ0v) is 18.1. The molecule has 0 aliphatic rings. The van der Waals surface area contributed by atoms with Gasteiger partial charge in [0, 0.05) is 11.4 Å². The number of carbonyl (C=O) groups excluding carboxylic acids is 1. The minimum atomic E-state index is -0.124. The summed E-state index contributed by atoms with van der Waals surface area (Å²) in [6, 6.07) is 10.8. The molecule has 0 amide bonds. The van der Waals surface area contributed by atoms with E-state index in [2.05, 4.69) is 6.92 Å². The van der Waals surface area contributed by atoms with E-state index in [1.165, 1.54) is 7.11 Å². The Morgan fingerprint density at radius 3 is 2.44 bits per heavy atom. The van der Waals surface area contributed by atoms with Gasteiger partial charge in [0.2, 0.25) is 0 Å². The Hall–Kier alpha value is -1.17. The van der Waals surface area contributed by atoms with Gasteiger partial charge in [-0.05, 0) is 45.7 Å². The van der Waals surface area contributed by atoms with E-state index in [-0.39, 0.29) is 34.4 Å². The smallest absolute Gasteiger partial charge is 1.00 e. The van der Waals surface area contributed by atoms with Gasteiger partial charge in [-0.25, -0.2) is 0 Å². The summed E-state index contributed by atoms with van der Waals surface area (Å²) in [5.74, 6) is 1.90. The van der Waals surface area contributed by atoms with Crippen LogP contribution in [-0.4, -0.2) is 25.8 Å². The van der Waals surface area contributed by atoms with E-state index in [4.69, 9.17) is 25.8 Å². The van der Waals surface area contributed by atoms with Crippen molar-refractivity contribution in [2.24, 2.45) is 0 Å². The van der Waals surface area contributed by atoms with Crippen molar-refractivity contribution >= 4 is 31.0 Å². The number of ether oxygens (including phenoxy) is 3. The first kappa shape index (κ1) is 23.9. The number of rotatable bonds is 10. The molecule has 0 spiro atoms. The van der Waals surface area contributed by atoms with Gasteiger partial charge in [-0.3, -0.25) is 4.79 Å². The van der Waals surface area contributed by atoms with E-state index in [1.807, 2.05) is 25.1 Å². The Kier molecular flexibility index (Phi) is 10.9. The maximum atomic E-state index is 12.9. The van der Waals surface area contributed by atoms with Gasteiger partial charge >= 0.3 is 18.9 Å². The number of methoxy groups -OCH3 is 1. The number of hydrogen-bond acceptors (Lipinski definition) is 4. The second-order valence-electron chi connectivity index (χ2n) is 5.63. The summed E-state index contributed by atoms with van der Waals surface area (Å²) in [6.07, 6.45) is 1.81. The van der Waals surface area contributed by atoms with Crippen LogP contribution < -0.4 is 38.4 Å². The molecule has 7 heteroatoms. The summed E-state index contributed by atoms with van der Waals surface area (Å²) in [6.45, 7) is 5.32. The SMILES string of the molecule is CCCOc1ccc(PC(=O)c2c(Cl)cccc2OC)c(OCCC)c1.[H-].[Li+]. The van der Waals surface area contributed by atoms with Crippen molar-refractivity contribution < 1.29 is 39.3 Å². The van der Waals surface area contributed by atoms with Crippen molar-refractivity contribution in [3.05, 3.63) is 47.0 Å². The van der Waals surface area contributed by atoms with Crippen LogP contribution in [0.25, 0.3) is 0 Å². The Morgan fingerprint density at radius 1 is 1.07 bits per heavy atom. The molecule has 2 aromatic carbocycles. The third-order valence-corrected chi connectivity index (χ3v) is 5.03. The molecule has 0 bridgehead atoms. The first-order chi connectivity index (χ1) is 12.6. The van der Waals surface area contributed by atoms with Crippen LogP contribution >= 0.6 is 20.2 Å². The Balaban J connectivity index is 0.00000364. The average Bonchev–Trinajstić information content (AvgIpc) is 2.65. The third-order valence-electron chi connectivity index (χ3n) is 3.56. The summed E-state index contributed by atoms with van der Waals surface area (Å²) in [5, 5.41) is 1.22. The molecule has 0 radical (unpaired) electrons. The van der Waals surface area contributed by atoms with E-state index >= 15 is 0 Å². The quantitative estimate of drug-likeness (QED) is 0.451. The Morgan fingerprint density at radius 2 is 1.78 bits per heavy atom. The average molecular weight is 403 g/mol. The van der Waals surface area contributed by atoms with Gasteiger partial charge < -0.3 is 15.6 Å². The Bertz CT molecular complexity index is 761. The second kappa shape index (κ2) is 12.3. The molecular formula is C20H25ClLiO4P. The molecule has 0 N–H and O–H groups in total. The number of benzene rings is 2. The van der Waals surface area contributed by atoms with Crippen molar-refractivity contribution in [2.75, 3.05) is 20.3 Å². The van der Waals surface area contributed by atoms with Gasteiger partial charge in [-0.2, -0.15) is 0 Å². The van der Waals surface area contributed by atoms with E-state index in [9.17, 15) is 4.79 Å². The van der Waals surface area contributed by atoms with Crippen LogP contribution in [0.15, 0.2) is 36.4 Å². The normalized spacial score (nSPS) is 10.5. The van der Waals surface area contributed by atoms with Crippen LogP contribution in [0.2, 0.25) is 5.02 Å². The van der Waals surface area contributed by atoms with E-state index in [1.54, 1.807) is 18.2 Å². The minimum absolute atomic E-state index is 0. The topological polar surface area (TPSA) is 44.8 Å². The molecule has 27 heavy (non-hydrogen) atoms. The molecule has 0 aromatic heterocycles. The maximum absolute atomic E-state index is 12.9. The molecule has 142 valence electrons. The Labute approximate surface area is 181 Å². The zero-order valence-electron chi connectivity index (χ0n) is 17.3. The van der Waals surface area contributed by atoms with Crippen LogP contribution in [0.4, 0.5) is 0 Å². The molecular weight excluding hydrogens is 378 g/mol. The molecule has 0 saturated heterocycles. The fourth-order valence-electron chi connectivity index (χ4n) is 2.33. The monoisotopic (exact) mass is 402 g/mol. The number of hydrogen-bond donors (Lipinski definition) is 0. The molecule has 0 aliphatic carbocycles. The van der Waals surface area contributed by atoms with Gasteiger partial charge in [-0.1, -0.05) is 31.5 Å². The molecule has 2 aromatic rings. The largest absolute Gasteiger partial charge is 1.00 e. The van der Waals surface area contributed by atoms with Crippen LogP contribution in [0, 0.1) is 0 Å². The summed E-state index contributed by atoms with van der Waals surface area (Å²) in [7, 11) is 1.41. The van der Waals surface area contributed by atoms with Gasteiger partial charge in [0.05, 0.1) is 30.9 Å². The number of carbonyl (C=O) groups is 1. The first-order valence-electron chi connectivity index (χ1n) is 8.64. The molecule has 0 aliphatic heterocycles. The van der Waals surface area contributed by atoms with Gasteiger partial charge in [0.15, 0.2) is 5.52 Å². The maximum Gasteiger partial charge on any atom is 1.00 e.